The summed E-state index contributed by atoms with van der Waals surface area (Å²) in [5.41, 5.74) is 3.31. The van der Waals surface area contributed by atoms with Gasteiger partial charge in [0.15, 0.2) is 0 Å². The monoisotopic (exact) mass is 364 g/mol. The molecule has 0 aliphatic rings. The molecular formula is C20H14F2N4O. The number of benzene rings is 1. The van der Waals surface area contributed by atoms with Crippen molar-refractivity contribution >= 4 is 11.4 Å². The summed E-state index contributed by atoms with van der Waals surface area (Å²) in [7, 11) is 1.53. The van der Waals surface area contributed by atoms with Crippen LogP contribution in [0.15, 0.2) is 60.8 Å². The SMILES string of the molecule is CNC(=O)c1cccc2c(-c3ccnc(F)c3)c(-c3ccc(F)cc3)nn12. The zero-order valence-corrected chi connectivity index (χ0v) is 14.3. The zero-order valence-electron chi connectivity index (χ0n) is 14.3. The molecular weight excluding hydrogens is 350 g/mol. The van der Waals surface area contributed by atoms with Gasteiger partial charge in [-0.1, -0.05) is 6.07 Å². The molecule has 0 atom stereocenters. The van der Waals surface area contributed by atoms with Crippen LogP contribution in [0.3, 0.4) is 0 Å². The first kappa shape index (κ1) is 16.8. The lowest BCUT2D eigenvalue weighted by Crippen LogP contribution is -2.21. The lowest BCUT2D eigenvalue weighted by atomic mass is 10.0. The van der Waals surface area contributed by atoms with Crippen molar-refractivity contribution in [3.05, 3.63) is 78.3 Å². The molecule has 0 aliphatic carbocycles. The predicted octanol–water partition coefficient (Wildman–Crippen LogP) is 3.70. The van der Waals surface area contributed by atoms with E-state index in [1.165, 1.54) is 36.0 Å². The van der Waals surface area contributed by atoms with Crippen molar-refractivity contribution in [1.29, 1.82) is 0 Å². The second-order valence-electron chi connectivity index (χ2n) is 5.88. The number of nitrogens with one attached hydrogen (secondary N) is 1. The topological polar surface area (TPSA) is 59.3 Å². The van der Waals surface area contributed by atoms with Gasteiger partial charge >= 0.3 is 0 Å². The van der Waals surface area contributed by atoms with Gasteiger partial charge in [0.2, 0.25) is 5.95 Å². The standard InChI is InChI=1S/C20H14F2N4O/c1-23-20(27)16-4-2-3-15-18(13-9-10-24-17(22)11-13)19(25-26(15)16)12-5-7-14(21)8-6-12/h2-11H,1H3,(H,23,27). The van der Waals surface area contributed by atoms with Crippen molar-refractivity contribution in [2.45, 2.75) is 0 Å². The van der Waals surface area contributed by atoms with Crippen molar-refractivity contribution < 1.29 is 13.6 Å². The Balaban J connectivity index is 2.07. The molecule has 7 heteroatoms. The predicted molar refractivity (Wildman–Crippen MR) is 97.2 cm³/mol. The first-order chi connectivity index (χ1) is 13.1. The second kappa shape index (κ2) is 6.60. The molecule has 0 unspecified atom stereocenters. The first-order valence-corrected chi connectivity index (χ1v) is 8.20. The van der Waals surface area contributed by atoms with E-state index in [-0.39, 0.29) is 11.7 Å². The first-order valence-electron chi connectivity index (χ1n) is 8.20. The van der Waals surface area contributed by atoms with E-state index in [0.717, 1.165) is 0 Å². The number of carbonyl (C=O) groups excluding carboxylic acids is 1. The Morgan fingerprint density at radius 1 is 1.04 bits per heavy atom. The summed E-state index contributed by atoms with van der Waals surface area (Å²) >= 11 is 0. The van der Waals surface area contributed by atoms with E-state index in [1.54, 1.807) is 36.4 Å². The largest absolute Gasteiger partial charge is 0.354 e. The molecule has 134 valence electrons. The van der Waals surface area contributed by atoms with Gasteiger partial charge in [0.1, 0.15) is 17.2 Å². The van der Waals surface area contributed by atoms with Crippen LogP contribution in [0.25, 0.3) is 27.9 Å². The van der Waals surface area contributed by atoms with Crippen LogP contribution >= 0.6 is 0 Å². The quantitative estimate of drug-likeness (QED) is 0.564. The van der Waals surface area contributed by atoms with E-state index >= 15 is 0 Å². The van der Waals surface area contributed by atoms with Crippen LogP contribution in [-0.4, -0.2) is 27.6 Å². The van der Waals surface area contributed by atoms with Crippen LogP contribution in [0.2, 0.25) is 0 Å². The van der Waals surface area contributed by atoms with E-state index in [9.17, 15) is 13.6 Å². The highest BCUT2D eigenvalue weighted by Gasteiger charge is 2.20. The van der Waals surface area contributed by atoms with Gasteiger partial charge in [-0.05, 0) is 48.0 Å². The fourth-order valence-electron chi connectivity index (χ4n) is 3.02. The smallest absolute Gasteiger partial charge is 0.269 e. The van der Waals surface area contributed by atoms with E-state index in [2.05, 4.69) is 15.4 Å². The van der Waals surface area contributed by atoms with E-state index in [1.807, 2.05) is 0 Å². The van der Waals surface area contributed by atoms with Crippen molar-refractivity contribution in [2.24, 2.45) is 0 Å². The molecule has 3 aromatic heterocycles. The summed E-state index contributed by atoms with van der Waals surface area (Å²) in [5, 5.41) is 7.16. The van der Waals surface area contributed by atoms with Crippen LogP contribution in [0, 0.1) is 11.8 Å². The number of nitrogens with zero attached hydrogens (tertiary/aromatic N) is 3. The highest BCUT2D eigenvalue weighted by molar-refractivity contribution is 5.97. The fraction of sp³-hybridized carbons (Fsp3) is 0.0500. The van der Waals surface area contributed by atoms with Crippen LogP contribution in [0.5, 0.6) is 0 Å². The molecule has 0 radical (unpaired) electrons. The number of rotatable bonds is 3. The molecule has 3 heterocycles. The van der Waals surface area contributed by atoms with Gasteiger partial charge in [-0.15, -0.1) is 0 Å². The zero-order chi connectivity index (χ0) is 19.0. The molecule has 4 rings (SSSR count). The lowest BCUT2D eigenvalue weighted by molar-refractivity contribution is 0.0956. The molecule has 0 fully saturated rings. The molecule has 4 aromatic rings. The molecule has 0 bridgehead atoms. The summed E-state index contributed by atoms with van der Waals surface area (Å²) in [6, 6.07) is 14.0. The number of pyridine rings is 2. The van der Waals surface area contributed by atoms with Gasteiger partial charge in [0.25, 0.3) is 5.91 Å². The minimum atomic E-state index is -0.626. The van der Waals surface area contributed by atoms with Gasteiger partial charge in [-0.25, -0.2) is 13.9 Å². The maximum atomic E-state index is 13.8. The molecule has 1 aromatic carbocycles. The van der Waals surface area contributed by atoms with Crippen LogP contribution < -0.4 is 5.32 Å². The molecule has 5 nitrogen and oxygen atoms in total. The highest BCUT2D eigenvalue weighted by atomic mass is 19.1. The maximum absolute atomic E-state index is 13.8. The average molecular weight is 364 g/mol. The summed E-state index contributed by atoms with van der Waals surface area (Å²) in [5.74, 6) is -1.30. The normalized spacial score (nSPS) is 10.9. The Labute approximate surface area is 153 Å². The fourth-order valence-corrected chi connectivity index (χ4v) is 3.02. The van der Waals surface area contributed by atoms with Crippen molar-refractivity contribution in [3.8, 4) is 22.4 Å². The number of hydrogen-bond acceptors (Lipinski definition) is 3. The molecule has 0 saturated heterocycles. The molecule has 0 saturated carbocycles. The summed E-state index contributed by atoms with van der Waals surface area (Å²) in [4.78, 5) is 15.8. The Bertz CT molecular complexity index is 1150. The highest BCUT2D eigenvalue weighted by Crippen LogP contribution is 2.35. The van der Waals surface area contributed by atoms with Crippen molar-refractivity contribution in [1.82, 2.24) is 19.9 Å². The van der Waals surface area contributed by atoms with Gasteiger partial charge in [-0.2, -0.15) is 9.49 Å². The number of carbonyl (C=O) groups is 1. The minimum absolute atomic E-state index is 0.304. The second-order valence-corrected chi connectivity index (χ2v) is 5.88. The van der Waals surface area contributed by atoms with Gasteiger partial charge in [-0.3, -0.25) is 4.79 Å². The summed E-state index contributed by atoms with van der Waals surface area (Å²) in [6.45, 7) is 0. The molecule has 0 aliphatic heterocycles. The van der Waals surface area contributed by atoms with Crippen molar-refractivity contribution in [2.75, 3.05) is 7.05 Å². The minimum Gasteiger partial charge on any atom is -0.354 e. The van der Waals surface area contributed by atoms with E-state index in [4.69, 9.17) is 0 Å². The summed E-state index contributed by atoms with van der Waals surface area (Å²) in [6.07, 6.45) is 1.37. The molecule has 1 amide bonds. The van der Waals surface area contributed by atoms with Gasteiger partial charge < -0.3 is 5.32 Å². The third-order valence-electron chi connectivity index (χ3n) is 4.25. The maximum Gasteiger partial charge on any atom is 0.269 e. The third kappa shape index (κ3) is 2.93. The third-order valence-corrected chi connectivity index (χ3v) is 4.25. The van der Waals surface area contributed by atoms with Crippen LogP contribution in [-0.2, 0) is 0 Å². The number of halogens is 2. The number of amides is 1. The molecule has 27 heavy (non-hydrogen) atoms. The average Bonchev–Trinajstić information content (AvgIpc) is 3.07. The van der Waals surface area contributed by atoms with Gasteiger partial charge in [0, 0.05) is 30.4 Å². The van der Waals surface area contributed by atoms with Crippen molar-refractivity contribution in [3.63, 3.8) is 0 Å². The summed E-state index contributed by atoms with van der Waals surface area (Å²) < 4.78 is 28.6. The Morgan fingerprint density at radius 2 is 1.81 bits per heavy atom. The van der Waals surface area contributed by atoms with Gasteiger partial charge in [0.05, 0.1) is 5.52 Å². The number of hydrogen-bond donors (Lipinski definition) is 1. The molecule has 1 N–H and O–H groups in total. The molecule has 0 spiro atoms. The van der Waals surface area contributed by atoms with Crippen LogP contribution in [0.4, 0.5) is 8.78 Å². The number of fused-ring (bicyclic) bond motifs is 1. The van der Waals surface area contributed by atoms with E-state index in [0.29, 0.717) is 33.6 Å². The van der Waals surface area contributed by atoms with E-state index < -0.39 is 5.95 Å². The Hall–Kier alpha value is -3.61. The Morgan fingerprint density at radius 3 is 2.52 bits per heavy atom. The lowest BCUT2D eigenvalue weighted by Gasteiger charge is -2.05. The Kier molecular flexibility index (Phi) is 4.12. The number of aromatic nitrogens is 3. The van der Waals surface area contributed by atoms with Crippen LogP contribution in [0.1, 0.15) is 10.5 Å².